The van der Waals surface area contributed by atoms with Gasteiger partial charge in [0.15, 0.2) is 11.5 Å². The van der Waals surface area contributed by atoms with Gasteiger partial charge in [-0.15, -0.1) is 0 Å². The number of methoxy groups -OCH3 is 1. The van der Waals surface area contributed by atoms with Gasteiger partial charge in [0, 0.05) is 0 Å². The van der Waals surface area contributed by atoms with Crippen LogP contribution in [0.3, 0.4) is 0 Å². The number of imide groups is 1. The fourth-order valence-electron chi connectivity index (χ4n) is 3.53. The number of hydrogen-bond acceptors (Lipinski definition) is 8. The number of aryl methyl sites for hydroxylation is 2. The number of hydrogen-bond donors (Lipinski definition) is 0. The molecule has 0 radical (unpaired) electrons. The smallest absolute Gasteiger partial charge is 0.338 e. The zero-order chi connectivity index (χ0) is 23.5. The minimum absolute atomic E-state index is 0.0339. The van der Waals surface area contributed by atoms with E-state index < -0.39 is 17.8 Å². The van der Waals surface area contributed by atoms with Crippen LogP contribution < -0.4 is 9.47 Å². The maximum atomic E-state index is 12.5. The highest BCUT2D eigenvalue weighted by molar-refractivity contribution is 6.21. The lowest BCUT2D eigenvalue weighted by Crippen LogP contribution is -2.33. The van der Waals surface area contributed by atoms with Crippen molar-refractivity contribution in [3.8, 4) is 11.5 Å². The van der Waals surface area contributed by atoms with Gasteiger partial charge in [-0.05, 0) is 44.2 Å². The van der Waals surface area contributed by atoms with Crippen molar-refractivity contribution < 1.29 is 33.1 Å². The molecule has 2 heterocycles. The van der Waals surface area contributed by atoms with E-state index in [9.17, 15) is 14.4 Å². The molecule has 1 aliphatic heterocycles. The Balaban J connectivity index is 1.36. The highest BCUT2D eigenvalue weighted by Gasteiger charge is 2.34. The molecule has 1 aromatic heterocycles. The van der Waals surface area contributed by atoms with Crippen molar-refractivity contribution in [1.82, 2.24) is 10.1 Å². The number of ether oxygens (including phenoxy) is 3. The van der Waals surface area contributed by atoms with Crippen LogP contribution in [0.15, 0.2) is 47.0 Å². The fraction of sp³-hybridized carbons (Fsp3) is 0.250. The summed E-state index contributed by atoms with van der Waals surface area (Å²) in [5.41, 5.74) is 2.54. The zero-order valence-electron chi connectivity index (χ0n) is 18.4. The number of esters is 1. The Morgan fingerprint density at radius 1 is 1.03 bits per heavy atom. The van der Waals surface area contributed by atoms with Crippen LogP contribution in [0, 0.1) is 13.8 Å². The molecular formula is C24H22N2O7. The number of carbonyl (C=O) groups excluding carboxylic acids is 3. The molecule has 0 saturated heterocycles. The minimum Gasteiger partial charge on any atom is -0.493 e. The summed E-state index contributed by atoms with van der Waals surface area (Å²) < 4.78 is 21.6. The van der Waals surface area contributed by atoms with E-state index in [4.69, 9.17) is 18.7 Å². The van der Waals surface area contributed by atoms with E-state index in [1.54, 1.807) is 43.3 Å². The van der Waals surface area contributed by atoms with Gasteiger partial charge in [-0.2, -0.15) is 0 Å². The first-order chi connectivity index (χ1) is 15.9. The Bertz CT molecular complexity index is 1180. The molecule has 0 unspecified atom stereocenters. The summed E-state index contributed by atoms with van der Waals surface area (Å²) in [6.07, 6.45) is 0. The van der Waals surface area contributed by atoms with Crippen LogP contribution >= 0.6 is 0 Å². The first-order valence-corrected chi connectivity index (χ1v) is 10.3. The summed E-state index contributed by atoms with van der Waals surface area (Å²) in [4.78, 5) is 38.3. The molecule has 0 atom stereocenters. The molecule has 9 nitrogen and oxygen atoms in total. The number of benzene rings is 2. The van der Waals surface area contributed by atoms with Crippen molar-refractivity contribution in [3.63, 3.8) is 0 Å². The third kappa shape index (κ3) is 4.30. The lowest BCUT2D eigenvalue weighted by Gasteiger charge is -2.14. The third-order valence-electron chi connectivity index (χ3n) is 5.38. The maximum Gasteiger partial charge on any atom is 0.338 e. The summed E-state index contributed by atoms with van der Waals surface area (Å²) in [7, 11) is 1.47. The average Bonchev–Trinajstić information content (AvgIpc) is 3.28. The fourth-order valence-corrected chi connectivity index (χ4v) is 3.53. The predicted octanol–water partition coefficient (Wildman–Crippen LogP) is 3.33. The van der Waals surface area contributed by atoms with Gasteiger partial charge in [-0.25, -0.2) is 4.79 Å². The second kappa shape index (κ2) is 9.15. The molecule has 4 rings (SSSR count). The molecule has 0 spiro atoms. The highest BCUT2D eigenvalue weighted by atomic mass is 16.5. The van der Waals surface area contributed by atoms with E-state index in [2.05, 4.69) is 5.16 Å². The largest absolute Gasteiger partial charge is 0.493 e. The molecule has 0 aliphatic carbocycles. The molecule has 2 amide bonds. The topological polar surface area (TPSA) is 108 Å². The molecule has 0 bridgehead atoms. The maximum absolute atomic E-state index is 12.5. The summed E-state index contributed by atoms with van der Waals surface area (Å²) >= 11 is 0. The van der Waals surface area contributed by atoms with Crippen LogP contribution in [0.1, 0.15) is 48.1 Å². The molecule has 33 heavy (non-hydrogen) atoms. The number of fused-ring (bicyclic) bond motifs is 1. The van der Waals surface area contributed by atoms with Gasteiger partial charge in [0.25, 0.3) is 11.8 Å². The van der Waals surface area contributed by atoms with E-state index >= 15 is 0 Å². The van der Waals surface area contributed by atoms with Crippen molar-refractivity contribution in [2.24, 2.45) is 0 Å². The first kappa shape index (κ1) is 22.1. The number of nitrogens with zero attached hydrogens (tertiary/aromatic N) is 2. The lowest BCUT2D eigenvalue weighted by atomic mass is 10.1. The second-order valence-corrected chi connectivity index (χ2v) is 7.40. The Morgan fingerprint density at radius 2 is 1.73 bits per heavy atom. The van der Waals surface area contributed by atoms with Gasteiger partial charge in [0.2, 0.25) is 0 Å². The minimum atomic E-state index is -0.609. The number of aromatic nitrogens is 1. The Hall–Kier alpha value is -4.14. The number of amides is 2. The van der Waals surface area contributed by atoms with Crippen LogP contribution in [-0.2, 0) is 11.3 Å². The third-order valence-corrected chi connectivity index (χ3v) is 5.38. The van der Waals surface area contributed by atoms with Gasteiger partial charge in [0.05, 0.1) is 41.6 Å². The zero-order valence-corrected chi connectivity index (χ0v) is 18.4. The lowest BCUT2D eigenvalue weighted by molar-refractivity contribution is 0.0420. The number of carbonyl (C=O) groups is 3. The molecule has 0 N–H and O–H groups in total. The summed E-state index contributed by atoms with van der Waals surface area (Å²) in [6, 6.07) is 11.3. The molecule has 9 heteroatoms. The van der Waals surface area contributed by atoms with Crippen LogP contribution in [-0.4, -0.2) is 48.1 Å². The Morgan fingerprint density at radius 3 is 2.33 bits per heavy atom. The van der Waals surface area contributed by atoms with Gasteiger partial charge in [-0.1, -0.05) is 17.3 Å². The Kier molecular flexibility index (Phi) is 6.12. The molecule has 1 aliphatic rings. The average molecular weight is 450 g/mol. The van der Waals surface area contributed by atoms with Crippen LogP contribution in [0.4, 0.5) is 0 Å². The van der Waals surface area contributed by atoms with Gasteiger partial charge >= 0.3 is 5.97 Å². The molecule has 170 valence electrons. The van der Waals surface area contributed by atoms with Crippen LogP contribution in [0.2, 0.25) is 0 Å². The summed E-state index contributed by atoms with van der Waals surface area (Å²) in [5, 5.41) is 3.89. The number of rotatable bonds is 8. The molecular weight excluding hydrogens is 428 g/mol. The van der Waals surface area contributed by atoms with Gasteiger partial charge < -0.3 is 18.7 Å². The summed E-state index contributed by atoms with van der Waals surface area (Å²) in [5.74, 6) is 0.0739. The van der Waals surface area contributed by atoms with Crippen molar-refractivity contribution in [2.45, 2.75) is 20.5 Å². The first-order valence-electron chi connectivity index (χ1n) is 10.3. The molecule has 0 saturated carbocycles. The van der Waals surface area contributed by atoms with Crippen molar-refractivity contribution in [1.29, 1.82) is 0 Å². The normalized spacial score (nSPS) is 12.6. The highest BCUT2D eigenvalue weighted by Crippen LogP contribution is 2.30. The quantitative estimate of drug-likeness (QED) is 0.380. The van der Waals surface area contributed by atoms with Gasteiger partial charge in [-0.3, -0.25) is 14.5 Å². The van der Waals surface area contributed by atoms with E-state index in [0.717, 1.165) is 16.2 Å². The van der Waals surface area contributed by atoms with E-state index in [0.29, 0.717) is 28.4 Å². The van der Waals surface area contributed by atoms with Crippen molar-refractivity contribution >= 4 is 17.8 Å². The van der Waals surface area contributed by atoms with Crippen molar-refractivity contribution in [2.75, 3.05) is 20.3 Å². The van der Waals surface area contributed by atoms with Crippen LogP contribution in [0.5, 0.6) is 11.5 Å². The summed E-state index contributed by atoms with van der Waals surface area (Å²) in [6.45, 7) is 3.71. The standard InChI is InChI=1S/C24H22N2O7/c1-14-19(15(2)33-25-14)13-32-20-9-8-16(12-21(20)30-3)24(29)31-11-10-26-22(27)17-6-4-5-7-18(17)23(26)28/h4-9,12H,10-11,13H2,1-3H3. The van der Waals surface area contributed by atoms with E-state index in [-0.39, 0.29) is 25.3 Å². The molecule has 2 aromatic carbocycles. The second-order valence-electron chi connectivity index (χ2n) is 7.40. The van der Waals surface area contributed by atoms with E-state index in [1.807, 2.05) is 6.92 Å². The van der Waals surface area contributed by atoms with Crippen molar-refractivity contribution in [3.05, 3.63) is 76.2 Å². The van der Waals surface area contributed by atoms with E-state index in [1.165, 1.54) is 13.2 Å². The SMILES string of the molecule is COc1cc(C(=O)OCCN2C(=O)c3ccccc3C2=O)ccc1OCc1c(C)noc1C. The monoisotopic (exact) mass is 450 g/mol. The molecule has 3 aromatic rings. The molecule has 0 fully saturated rings. The predicted molar refractivity (Wildman–Crippen MR) is 115 cm³/mol. The Labute approximate surface area is 189 Å². The van der Waals surface area contributed by atoms with Crippen LogP contribution in [0.25, 0.3) is 0 Å². The van der Waals surface area contributed by atoms with Gasteiger partial charge in [0.1, 0.15) is 19.0 Å².